The summed E-state index contributed by atoms with van der Waals surface area (Å²) in [7, 11) is 0. The Balaban J connectivity index is 2.04. The summed E-state index contributed by atoms with van der Waals surface area (Å²) in [4.78, 5) is 28.7. The van der Waals surface area contributed by atoms with Crippen LogP contribution >= 0.6 is 35.0 Å². The van der Waals surface area contributed by atoms with Crippen molar-refractivity contribution in [3.8, 4) is 0 Å². The summed E-state index contributed by atoms with van der Waals surface area (Å²) in [6.07, 6.45) is 2.49. The quantitative estimate of drug-likeness (QED) is 0.290. The zero-order valence-electron chi connectivity index (χ0n) is 18.1. The van der Waals surface area contributed by atoms with Gasteiger partial charge in [0.25, 0.3) is 0 Å². The van der Waals surface area contributed by atoms with Crippen molar-refractivity contribution in [3.05, 3.63) is 64.1 Å². The zero-order chi connectivity index (χ0) is 22.6. The lowest BCUT2D eigenvalue weighted by Gasteiger charge is -2.31. The van der Waals surface area contributed by atoms with Crippen LogP contribution in [0.3, 0.4) is 0 Å². The lowest BCUT2D eigenvalue weighted by atomic mass is 10.1. The summed E-state index contributed by atoms with van der Waals surface area (Å²) in [6, 6.07) is 14.6. The van der Waals surface area contributed by atoms with Gasteiger partial charge >= 0.3 is 0 Å². The Labute approximate surface area is 199 Å². The van der Waals surface area contributed by atoms with Crippen LogP contribution in [0.15, 0.2) is 53.4 Å². The highest BCUT2D eigenvalue weighted by atomic mass is 35.5. The molecule has 0 aliphatic rings. The molecule has 0 aliphatic carbocycles. The van der Waals surface area contributed by atoms with Gasteiger partial charge in [-0.1, -0.05) is 55.2 Å². The third-order valence-electron chi connectivity index (χ3n) is 4.85. The standard InChI is InChI=1S/C24H30Cl2N2O2S/c1-3-15-27-24(30)22(4-2)28(17-18-8-5-6-9-21(18)26)23(29)10-7-16-31-20-13-11-19(25)12-14-20/h5-6,8-9,11-14,22H,3-4,7,10,15-17H2,1-2H3,(H,27,30). The van der Waals surface area contributed by atoms with Gasteiger partial charge in [0.1, 0.15) is 6.04 Å². The smallest absolute Gasteiger partial charge is 0.242 e. The average Bonchev–Trinajstić information content (AvgIpc) is 2.77. The van der Waals surface area contributed by atoms with Crippen molar-refractivity contribution in [2.45, 2.75) is 57.0 Å². The van der Waals surface area contributed by atoms with Crippen LogP contribution in [0.1, 0.15) is 45.1 Å². The Morgan fingerprint density at radius 2 is 1.77 bits per heavy atom. The van der Waals surface area contributed by atoms with Gasteiger partial charge < -0.3 is 10.2 Å². The molecule has 2 rings (SSSR count). The normalized spacial score (nSPS) is 11.7. The van der Waals surface area contributed by atoms with E-state index in [-0.39, 0.29) is 11.8 Å². The molecule has 168 valence electrons. The fraction of sp³-hybridized carbons (Fsp3) is 0.417. The number of rotatable bonds is 12. The van der Waals surface area contributed by atoms with E-state index in [0.717, 1.165) is 29.1 Å². The fourth-order valence-electron chi connectivity index (χ4n) is 3.18. The summed E-state index contributed by atoms with van der Waals surface area (Å²) in [5.74, 6) is 0.669. The molecule has 0 heterocycles. The molecular weight excluding hydrogens is 451 g/mol. The van der Waals surface area contributed by atoms with Crippen LogP contribution in [0.4, 0.5) is 0 Å². The van der Waals surface area contributed by atoms with Crippen molar-refractivity contribution in [1.29, 1.82) is 0 Å². The number of nitrogens with one attached hydrogen (secondary N) is 1. The van der Waals surface area contributed by atoms with Crippen molar-refractivity contribution in [2.24, 2.45) is 0 Å². The molecule has 1 atom stereocenters. The number of hydrogen-bond acceptors (Lipinski definition) is 3. The Bertz CT molecular complexity index is 846. The highest BCUT2D eigenvalue weighted by molar-refractivity contribution is 7.99. The highest BCUT2D eigenvalue weighted by Gasteiger charge is 2.28. The number of carbonyl (C=O) groups excluding carboxylic acids is 2. The van der Waals surface area contributed by atoms with Crippen molar-refractivity contribution in [1.82, 2.24) is 10.2 Å². The van der Waals surface area contributed by atoms with Crippen LogP contribution in [-0.4, -0.2) is 35.1 Å². The second kappa shape index (κ2) is 13.7. The van der Waals surface area contributed by atoms with E-state index in [1.165, 1.54) is 0 Å². The van der Waals surface area contributed by atoms with Crippen molar-refractivity contribution in [3.63, 3.8) is 0 Å². The second-order valence-electron chi connectivity index (χ2n) is 7.23. The maximum Gasteiger partial charge on any atom is 0.242 e. The molecule has 0 saturated heterocycles. The SMILES string of the molecule is CCCNC(=O)C(CC)N(Cc1ccccc1Cl)C(=O)CCCSc1ccc(Cl)cc1. The van der Waals surface area contributed by atoms with Crippen LogP contribution in [0, 0.1) is 0 Å². The highest BCUT2D eigenvalue weighted by Crippen LogP contribution is 2.23. The molecule has 0 aliphatic heterocycles. The Morgan fingerprint density at radius 3 is 2.42 bits per heavy atom. The second-order valence-corrected chi connectivity index (χ2v) is 9.25. The molecule has 0 radical (unpaired) electrons. The van der Waals surface area contributed by atoms with Crippen LogP contribution < -0.4 is 5.32 Å². The Hall–Kier alpha value is -1.69. The van der Waals surface area contributed by atoms with E-state index in [9.17, 15) is 9.59 Å². The number of benzene rings is 2. The first-order valence-electron chi connectivity index (χ1n) is 10.6. The third-order valence-corrected chi connectivity index (χ3v) is 6.57. The number of amides is 2. The maximum atomic E-state index is 13.2. The van der Waals surface area contributed by atoms with E-state index in [0.29, 0.717) is 36.0 Å². The lowest BCUT2D eigenvalue weighted by Crippen LogP contribution is -2.49. The summed E-state index contributed by atoms with van der Waals surface area (Å²) in [5, 5.41) is 4.24. The van der Waals surface area contributed by atoms with E-state index in [4.69, 9.17) is 23.2 Å². The minimum Gasteiger partial charge on any atom is -0.354 e. The minimum atomic E-state index is -0.515. The number of nitrogens with zero attached hydrogens (tertiary/aromatic N) is 1. The van der Waals surface area contributed by atoms with Gasteiger partial charge in [-0.3, -0.25) is 9.59 Å². The van der Waals surface area contributed by atoms with Gasteiger partial charge in [0, 0.05) is 34.5 Å². The first-order chi connectivity index (χ1) is 15.0. The van der Waals surface area contributed by atoms with Gasteiger partial charge in [0.05, 0.1) is 0 Å². The molecule has 0 bridgehead atoms. The molecule has 1 unspecified atom stereocenters. The molecule has 1 N–H and O–H groups in total. The van der Waals surface area contributed by atoms with Gasteiger partial charge in [-0.25, -0.2) is 0 Å². The molecular formula is C24H30Cl2N2O2S. The first-order valence-corrected chi connectivity index (χ1v) is 12.4. The molecule has 4 nitrogen and oxygen atoms in total. The maximum absolute atomic E-state index is 13.2. The Morgan fingerprint density at radius 1 is 1.06 bits per heavy atom. The van der Waals surface area contributed by atoms with Crippen LogP contribution in [0.25, 0.3) is 0 Å². The van der Waals surface area contributed by atoms with Crippen molar-refractivity contribution >= 4 is 46.8 Å². The predicted molar refractivity (Wildman–Crippen MR) is 131 cm³/mol. The first kappa shape index (κ1) is 25.6. The molecule has 31 heavy (non-hydrogen) atoms. The van der Waals surface area contributed by atoms with Gasteiger partial charge in [-0.2, -0.15) is 0 Å². The summed E-state index contributed by atoms with van der Waals surface area (Å²) in [6.45, 7) is 4.85. The van der Waals surface area contributed by atoms with Crippen molar-refractivity contribution < 1.29 is 9.59 Å². The average molecular weight is 481 g/mol. The third kappa shape index (κ3) is 8.40. The molecule has 2 aromatic carbocycles. The predicted octanol–water partition coefficient (Wildman–Crippen LogP) is 6.20. The molecule has 0 aromatic heterocycles. The van der Waals surface area contributed by atoms with Gasteiger partial charge in [0.2, 0.25) is 11.8 Å². The van der Waals surface area contributed by atoms with Crippen molar-refractivity contribution in [2.75, 3.05) is 12.3 Å². The number of thioether (sulfide) groups is 1. The summed E-state index contributed by atoms with van der Waals surface area (Å²) < 4.78 is 0. The van der Waals surface area contributed by atoms with E-state index in [1.54, 1.807) is 22.7 Å². The summed E-state index contributed by atoms with van der Waals surface area (Å²) >= 11 is 14.0. The van der Waals surface area contributed by atoms with Crippen LogP contribution in [-0.2, 0) is 16.1 Å². The topological polar surface area (TPSA) is 49.4 Å². The summed E-state index contributed by atoms with van der Waals surface area (Å²) in [5.41, 5.74) is 0.842. The molecule has 0 spiro atoms. The minimum absolute atomic E-state index is 0.0323. The van der Waals surface area contributed by atoms with Crippen LogP contribution in [0.5, 0.6) is 0 Å². The fourth-order valence-corrected chi connectivity index (χ4v) is 4.36. The van der Waals surface area contributed by atoms with E-state index >= 15 is 0 Å². The van der Waals surface area contributed by atoms with E-state index < -0.39 is 6.04 Å². The van der Waals surface area contributed by atoms with Gasteiger partial charge in [-0.05, 0) is 60.9 Å². The zero-order valence-corrected chi connectivity index (χ0v) is 20.4. The molecule has 0 fully saturated rings. The molecule has 0 saturated carbocycles. The lowest BCUT2D eigenvalue weighted by molar-refractivity contribution is -0.141. The number of halogens is 2. The Kier molecular flexibility index (Phi) is 11.3. The van der Waals surface area contributed by atoms with Gasteiger partial charge in [-0.15, -0.1) is 11.8 Å². The largest absolute Gasteiger partial charge is 0.354 e. The molecule has 7 heteroatoms. The molecule has 2 amide bonds. The number of hydrogen-bond donors (Lipinski definition) is 1. The van der Waals surface area contributed by atoms with Crippen LogP contribution in [0.2, 0.25) is 10.0 Å². The van der Waals surface area contributed by atoms with Gasteiger partial charge in [0.15, 0.2) is 0 Å². The number of carbonyl (C=O) groups is 2. The van der Waals surface area contributed by atoms with E-state index in [2.05, 4.69) is 5.32 Å². The molecule has 2 aromatic rings. The monoisotopic (exact) mass is 480 g/mol. The van der Waals surface area contributed by atoms with E-state index in [1.807, 2.05) is 56.3 Å².